The molecule has 0 bridgehead atoms. The molecule has 1 amide bonds. The summed E-state index contributed by atoms with van der Waals surface area (Å²) in [7, 11) is -4.22. The summed E-state index contributed by atoms with van der Waals surface area (Å²) in [4.78, 5) is 13.9. The minimum atomic E-state index is -4.22. The van der Waals surface area contributed by atoms with E-state index < -0.39 is 34.1 Å². The Hall–Kier alpha value is -2.69. The van der Waals surface area contributed by atoms with Crippen molar-refractivity contribution in [3.8, 4) is 5.75 Å². The highest BCUT2D eigenvalue weighted by atomic mass is 32.2. The van der Waals surface area contributed by atoms with E-state index in [1.807, 2.05) is 40.0 Å². The van der Waals surface area contributed by atoms with E-state index in [9.17, 15) is 18.3 Å². The molecule has 1 saturated heterocycles. The number of carbonyl (C=O) groups is 1. The van der Waals surface area contributed by atoms with Gasteiger partial charge in [-0.25, -0.2) is 13.4 Å². The number of nitrogens with one attached hydrogen (secondary N) is 1. The van der Waals surface area contributed by atoms with Gasteiger partial charge in [-0.2, -0.15) is 8.42 Å². The molecule has 2 aromatic rings. The number of aliphatic hydroxyl groups is 1. The third-order valence-electron chi connectivity index (χ3n) is 5.82. The number of ether oxygens (including phenoxy) is 1. The quantitative estimate of drug-likeness (QED) is 0.634. The van der Waals surface area contributed by atoms with Crippen LogP contribution in [-0.2, 0) is 34.6 Å². The maximum absolute atomic E-state index is 15.9. The number of amides is 1. The largest absolute Gasteiger partial charge is 0.487 e. The van der Waals surface area contributed by atoms with Crippen molar-refractivity contribution in [3.63, 3.8) is 0 Å². The van der Waals surface area contributed by atoms with Gasteiger partial charge in [-0.3, -0.25) is 9.69 Å². The number of fused-ring (bicyclic) bond motifs is 1. The van der Waals surface area contributed by atoms with Gasteiger partial charge in [-0.15, -0.1) is 0 Å². The van der Waals surface area contributed by atoms with E-state index in [2.05, 4.69) is 0 Å². The normalized spacial score (nSPS) is 18.2. The lowest BCUT2D eigenvalue weighted by Gasteiger charge is -2.32. The summed E-state index contributed by atoms with van der Waals surface area (Å²) in [6.45, 7) is 4.60. The van der Waals surface area contributed by atoms with Gasteiger partial charge in [0.1, 0.15) is 24.6 Å². The van der Waals surface area contributed by atoms with Crippen LogP contribution in [0.3, 0.4) is 0 Å². The van der Waals surface area contributed by atoms with Crippen molar-refractivity contribution in [2.24, 2.45) is 0 Å². The molecule has 10 heteroatoms. The highest BCUT2D eigenvalue weighted by molar-refractivity contribution is 7.92. The van der Waals surface area contributed by atoms with Crippen molar-refractivity contribution in [2.45, 2.75) is 45.4 Å². The Kier molecular flexibility index (Phi) is 6.35. The van der Waals surface area contributed by atoms with Crippen molar-refractivity contribution in [1.29, 1.82) is 0 Å². The minimum Gasteiger partial charge on any atom is -0.487 e. The molecular formula is C23H28FN3O5S. The monoisotopic (exact) mass is 477 g/mol. The first kappa shape index (κ1) is 23.5. The van der Waals surface area contributed by atoms with E-state index in [4.69, 9.17) is 4.74 Å². The first-order valence-corrected chi connectivity index (χ1v) is 12.3. The Balaban J connectivity index is 1.70. The lowest BCUT2D eigenvalue weighted by atomic mass is 9.96. The number of rotatable bonds is 7. The standard InChI is InChI=1S/C23H28FN3O5S/c1-23(2,29)9-11-26-10-8-17-12-19(32-15-16-6-4-3-5-7-16)22(21(24)18(17)13-26)27-14-20(28)25-33(27,30)31/h3-7,12,29H,8-11,13-15H2,1-2H3,(H,25,28). The minimum absolute atomic E-state index is 0.0834. The molecule has 1 fully saturated rings. The molecule has 2 aliphatic rings. The summed E-state index contributed by atoms with van der Waals surface area (Å²) in [6.07, 6.45) is 1.08. The molecule has 2 aliphatic heterocycles. The fraction of sp³-hybridized carbons (Fsp3) is 0.435. The Bertz CT molecular complexity index is 1150. The Labute approximate surface area is 193 Å². The fourth-order valence-electron chi connectivity index (χ4n) is 4.03. The first-order valence-electron chi connectivity index (χ1n) is 10.8. The fourth-order valence-corrected chi connectivity index (χ4v) is 5.19. The molecule has 8 nitrogen and oxygen atoms in total. The second-order valence-corrected chi connectivity index (χ2v) is 10.7. The predicted octanol–water partition coefficient (Wildman–Crippen LogP) is 2.10. The average Bonchev–Trinajstić information content (AvgIpc) is 3.02. The van der Waals surface area contributed by atoms with Crippen LogP contribution in [0.5, 0.6) is 5.75 Å². The SMILES string of the molecule is CC(C)(O)CCN1CCc2cc(OCc3ccccc3)c(N3CC(=O)NS3(=O)=O)c(F)c2C1. The highest BCUT2D eigenvalue weighted by Gasteiger charge is 2.39. The number of hydrogen-bond donors (Lipinski definition) is 2. The van der Waals surface area contributed by atoms with E-state index >= 15 is 4.39 Å². The van der Waals surface area contributed by atoms with Crippen molar-refractivity contribution in [2.75, 3.05) is 23.9 Å². The lowest BCUT2D eigenvalue weighted by molar-refractivity contribution is -0.117. The second-order valence-electron chi connectivity index (χ2n) is 9.07. The van der Waals surface area contributed by atoms with E-state index in [0.717, 1.165) is 15.4 Å². The van der Waals surface area contributed by atoms with Crippen LogP contribution in [0.1, 0.15) is 37.0 Å². The number of benzene rings is 2. The number of carbonyl (C=O) groups excluding carboxylic acids is 1. The van der Waals surface area contributed by atoms with Gasteiger partial charge >= 0.3 is 10.2 Å². The summed E-state index contributed by atoms with van der Waals surface area (Å²) in [6, 6.07) is 11.0. The summed E-state index contributed by atoms with van der Waals surface area (Å²) >= 11 is 0. The van der Waals surface area contributed by atoms with Gasteiger partial charge in [-0.1, -0.05) is 30.3 Å². The molecule has 4 rings (SSSR count). The third-order valence-corrected chi connectivity index (χ3v) is 7.20. The smallest absolute Gasteiger partial charge is 0.326 e. The predicted molar refractivity (Wildman–Crippen MR) is 121 cm³/mol. The molecule has 0 aliphatic carbocycles. The summed E-state index contributed by atoms with van der Waals surface area (Å²) in [5.41, 5.74) is 0.878. The van der Waals surface area contributed by atoms with Gasteiger partial charge in [0, 0.05) is 25.2 Å². The molecular weight excluding hydrogens is 449 g/mol. The van der Waals surface area contributed by atoms with Crippen LogP contribution >= 0.6 is 0 Å². The van der Waals surface area contributed by atoms with Gasteiger partial charge in [0.15, 0.2) is 5.82 Å². The van der Waals surface area contributed by atoms with Crippen LogP contribution in [-0.4, -0.2) is 49.6 Å². The molecule has 0 aromatic heterocycles. The number of nitrogens with zero attached hydrogens (tertiary/aromatic N) is 2. The Morgan fingerprint density at radius 2 is 1.94 bits per heavy atom. The van der Waals surface area contributed by atoms with E-state index in [1.54, 1.807) is 19.9 Å². The van der Waals surface area contributed by atoms with Gasteiger partial charge in [-0.05, 0) is 43.9 Å². The molecule has 0 unspecified atom stereocenters. The van der Waals surface area contributed by atoms with Gasteiger partial charge in [0.05, 0.1) is 5.60 Å². The Morgan fingerprint density at radius 1 is 1.21 bits per heavy atom. The third kappa shape index (κ3) is 5.29. The second kappa shape index (κ2) is 8.92. The van der Waals surface area contributed by atoms with E-state index in [0.29, 0.717) is 31.5 Å². The maximum atomic E-state index is 15.9. The van der Waals surface area contributed by atoms with Crippen LogP contribution in [0.15, 0.2) is 36.4 Å². The van der Waals surface area contributed by atoms with Crippen LogP contribution < -0.4 is 13.8 Å². The summed E-state index contributed by atoms with van der Waals surface area (Å²) in [5.74, 6) is -1.35. The zero-order valence-electron chi connectivity index (χ0n) is 18.7. The van der Waals surface area contributed by atoms with E-state index in [-0.39, 0.29) is 24.6 Å². The van der Waals surface area contributed by atoms with Crippen molar-refractivity contribution >= 4 is 21.8 Å². The van der Waals surface area contributed by atoms with Crippen LogP contribution in [0, 0.1) is 5.82 Å². The van der Waals surface area contributed by atoms with Gasteiger partial charge < -0.3 is 9.84 Å². The molecule has 178 valence electrons. The molecule has 2 heterocycles. The van der Waals surface area contributed by atoms with Crippen molar-refractivity contribution in [3.05, 3.63) is 58.9 Å². The lowest BCUT2D eigenvalue weighted by Crippen LogP contribution is -2.36. The summed E-state index contributed by atoms with van der Waals surface area (Å²) in [5, 5.41) is 10.0. The first-order chi connectivity index (χ1) is 15.5. The molecule has 2 aromatic carbocycles. The van der Waals surface area contributed by atoms with Crippen molar-refractivity contribution < 1.29 is 27.4 Å². The van der Waals surface area contributed by atoms with E-state index in [1.165, 1.54) is 0 Å². The molecule has 33 heavy (non-hydrogen) atoms. The number of halogens is 1. The molecule has 0 spiro atoms. The highest BCUT2D eigenvalue weighted by Crippen LogP contribution is 2.40. The molecule has 0 radical (unpaired) electrons. The molecule has 0 atom stereocenters. The van der Waals surface area contributed by atoms with Crippen molar-refractivity contribution in [1.82, 2.24) is 9.62 Å². The zero-order valence-corrected chi connectivity index (χ0v) is 19.5. The molecule has 0 saturated carbocycles. The van der Waals surface area contributed by atoms with Crippen LogP contribution in [0.4, 0.5) is 10.1 Å². The number of anilines is 1. The van der Waals surface area contributed by atoms with Crippen LogP contribution in [0.25, 0.3) is 0 Å². The molecule has 2 N–H and O–H groups in total. The van der Waals surface area contributed by atoms with Gasteiger partial charge in [0.25, 0.3) is 5.91 Å². The average molecular weight is 478 g/mol. The number of hydrogen-bond acceptors (Lipinski definition) is 6. The van der Waals surface area contributed by atoms with Gasteiger partial charge in [0.2, 0.25) is 0 Å². The maximum Gasteiger partial charge on any atom is 0.326 e. The Morgan fingerprint density at radius 3 is 2.58 bits per heavy atom. The topological polar surface area (TPSA) is 99.2 Å². The summed E-state index contributed by atoms with van der Waals surface area (Å²) < 4.78 is 49.5. The zero-order chi connectivity index (χ0) is 23.8. The van der Waals surface area contributed by atoms with Crippen LogP contribution in [0.2, 0.25) is 0 Å².